The first-order valence-corrected chi connectivity index (χ1v) is 10.7. The van der Waals surface area contributed by atoms with Crippen molar-refractivity contribution >= 4 is 17.6 Å². The number of carbonyl (C=O) groups is 2. The van der Waals surface area contributed by atoms with E-state index in [1.807, 2.05) is 30.3 Å². The van der Waals surface area contributed by atoms with E-state index in [1.165, 1.54) is 19.1 Å². The fourth-order valence-electron chi connectivity index (χ4n) is 4.17. The Balaban J connectivity index is 2.09. The highest BCUT2D eigenvalue weighted by molar-refractivity contribution is 6.07. The number of nitrogens with two attached hydrogens (primary N) is 1. The van der Waals surface area contributed by atoms with E-state index < -0.39 is 17.9 Å². The summed E-state index contributed by atoms with van der Waals surface area (Å²) in [5, 5.41) is 10.2. The normalized spacial score (nSPS) is 15.5. The maximum absolute atomic E-state index is 13.2. The summed E-state index contributed by atoms with van der Waals surface area (Å²) in [5.74, 6) is -2.51. The lowest BCUT2D eigenvalue weighted by molar-refractivity contribution is -0.139. The highest BCUT2D eigenvalue weighted by atomic mass is 16.5. The molecule has 0 spiro atoms. The molecule has 2 N–H and O–H groups in total. The third-order valence-corrected chi connectivity index (χ3v) is 5.70. The van der Waals surface area contributed by atoms with Crippen molar-refractivity contribution in [3.05, 3.63) is 107 Å². The van der Waals surface area contributed by atoms with Crippen LogP contribution in [0, 0.1) is 11.3 Å². The molecule has 0 amide bonds. The number of pyridine rings is 1. The van der Waals surface area contributed by atoms with Gasteiger partial charge in [-0.15, -0.1) is 0 Å². The molecule has 0 bridgehead atoms. The second kappa shape index (κ2) is 9.93. The number of hydrogen-bond acceptors (Lipinski definition) is 8. The lowest BCUT2D eigenvalue weighted by Gasteiger charge is -2.36. The number of nitrogens with zero attached hydrogens (tertiary/aromatic N) is 3. The molecule has 1 aromatic heterocycles. The lowest BCUT2D eigenvalue weighted by atomic mass is 9.80. The molecule has 2 heterocycles. The Morgan fingerprint density at radius 2 is 1.60 bits per heavy atom. The Kier molecular flexibility index (Phi) is 6.60. The van der Waals surface area contributed by atoms with Gasteiger partial charge in [0.15, 0.2) is 0 Å². The van der Waals surface area contributed by atoms with Crippen LogP contribution in [0.2, 0.25) is 0 Å². The third-order valence-electron chi connectivity index (χ3n) is 5.70. The fraction of sp³-hybridized carbons (Fsp3) is 0.111. The molecule has 3 aromatic rings. The zero-order chi connectivity index (χ0) is 24.9. The second-order valence-electron chi connectivity index (χ2n) is 7.57. The van der Waals surface area contributed by atoms with Crippen LogP contribution in [0.5, 0.6) is 0 Å². The summed E-state index contributed by atoms with van der Waals surface area (Å²) in [6.07, 6.45) is 1.64. The van der Waals surface area contributed by atoms with Crippen molar-refractivity contribution in [3.63, 3.8) is 0 Å². The fourth-order valence-corrected chi connectivity index (χ4v) is 4.17. The number of nitriles is 1. The van der Waals surface area contributed by atoms with Crippen molar-refractivity contribution in [3.8, 4) is 17.3 Å². The molecule has 8 nitrogen and oxygen atoms in total. The number of benzene rings is 2. The highest BCUT2D eigenvalue weighted by Gasteiger charge is 2.43. The monoisotopic (exact) mass is 466 g/mol. The topological polar surface area (TPSA) is 119 Å². The van der Waals surface area contributed by atoms with Crippen molar-refractivity contribution in [1.29, 1.82) is 5.26 Å². The number of aromatic nitrogens is 1. The van der Waals surface area contributed by atoms with Crippen LogP contribution < -0.4 is 10.6 Å². The summed E-state index contributed by atoms with van der Waals surface area (Å²) >= 11 is 0. The molecule has 1 atom stereocenters. The van der Waals surface area contributed by atoms with Crippen LogP contribution in [0.4, 0.5) is 5.69 Å². The number of carbonyl (C=O) groups excluding carboxylic acids is 2. The van der Waals surface area contributed by atoms with Gasteiger partial charge in [-0.05, 0) is 23.8 Å². The minimum Gasteiger partial charge on any atom is -0.466 e. The van der Waals surface area contributed by atoms with E-state index in [0.717, 1.165) is 0 Å². The number of hydrogen-bond donors (Lipinski definition) is 1. The molecule has 0 saturated carbocycles. The lowest BCUT2D eigenvalue weighted by Crippen LogP contribution is -2.41. The standard InChI is InChI=1S/C27H22N4O4/c1-34-26(32)23-22(17-10-4-3-5-11-17)19(16-28)25(29)31(24(23)27(33)35-2)21-14-7-6-12-18(21)20-13-8-9-15-30-20/h3-15,22H,29H2,1-2H3. The van der Waals surface area contributed by atoms with Gasteiger partial charge in [0.1, 0.15) is 11.5 Å². The van der Waals surface area contributed by atoms with Gasteiger partial charge in [0.25, 0.3) is 0 Å². The van der Waals surface area contributed by atoms with Crippen molar-refractivity contribution < 1.29 is 19.1 Å². The van der Waals surface area contributed by atoms with Crippen molar-refractivity contribution in [2.75, 3.05) is 19.1 Å². The van der Waals surface area contributed by atoms with Crippen LogP contribution in [0.15, 0.2) is 102 Å². The predicted molar refractivity (Wildman–Crippen MR) is 129 cm³/mol. The van der Waals surface area contributed by atoms with E-state index in [9.17, 15) is 14.9 Å². The van der Waals surface area contributed by atoms with E-state index >= 15 is 0 Å². The molecule has 1 aliphatic heterocycles. The smallest absolute Gasteiger partial charge is 0.355 e. The number of methoxy groups -OCH3 is 2. The zero-order valence-corrected chi connectivity index (χ0v) is 19.1. The summed E-state index contributed by atoms with van der Waals surface area (Å²) in [6, 6.07) is 23.6. The molecular weight excluding hydrogens is 444 g/mol. The molecule has 0 fully saturated rings. The molecule has 4 rings (SSSR count). The van der Waals surface area contributed by atoms with Gasteiger partial charge in [-0.1, -0.05) is 54.6 Å². The SMILES string of the molecule is COC(=O)C1=C(C(=O)OC)N(c2ccccc2-c2ccccn2)C(N)=C(C#N)C1c1ccccc1. The number of esters is 2. The van der Waals surface area contributed by atoms with Gasteiger partial charge in [0.05, 0.1) is 48.7 Å². The number of ether oxygens (including phenoxy) is 2. The average Bonchev–Trinajstić information content (AvgIpc) is 2.92. The number of rotatable bonds is 5. The van der Waals surface area contributed by atoms with Crippen LogP contribution in [0.1, 0.15) is 11.5 Å². The summed E-state index contributed by atoms with van der Waals surface area (Å²) in [5.41, 5.74) is 8.82. The largest absolute Gasteiger partial charge is 0.466 e. The molecule has 0 aliphatic carbocycles. The van der Waals surface area contributed by atoms with E-state index in [2.05, 4.69) is 11.1 Å². The first kappa shape index (κ1) is 23.3. The summed E-state index contributed by atoms with van der Waals surface area (Å²) in [4.78, 5) is 32.2. The van der Waals surface area contributed by atoms with Crippen LogP contribution in [0.25, 0.3) is 11.3 Å². The maximum Gasteiger partial charge on any atom is 0.355 e. The minimum atomic E-state index is -0.930. The summed E-state index contributed by atoms with van der Waals surface area (Å²) < 4.78 is 10.2. The second-order valence-corrected chi connectivity index (χ2v) is 7.57. The van der Waals surface area contributed by atoms with Gasteiger partial charge in [-0.3, -0.25) is 9.88 Å². The van der Waals surface area contributed by atoms with Crippen LogP contribution in [0.3, 0.4) is 0 Å². The van der Waals surface area contributed by atoms with Crippen LogP contribution in [-0.2, 0) is 19.1 Å². The van der Waals surface area contributed by atoms with E-state index in [0.29, 0.717) is 22.5 Å². The Labute approximate surface area is 202 Å². The van der Waals surface area contributed by atoms with Crippen molar-refractivity contribution in [2.24, 2.45) is 5.73 Å². The number of allylic oxidation sites excluding steroid dienone is 1. The van der Waals surface area contributed by atoms with E-state index in [-0.39, 0.29) is 22.7 Å². The first-order chi connectivity index (χ1) is 17.0. The Morgan fingerprint density at radius 1 is 0.943 bits per heavy atom. The van der Waals surface area contributed by atoms with Crippen LogP contribution >= 0.6 is 0 Å². The predicted octanol–water partition coefficient (Wildman–Crippen LogP) is 3.65. The molecule has 1 aliphatic rings. The Hall–Kier alpha value is -4.90. The third kappa shape index (κ3) is 4.11. The summed E-state index contributed by atoms with van der Waals surface area (Å²) in [7, 11) is 2.43. The van der Waals surface area contributed by atoms with Gasteiger partial charge in [-0.25, -0.2) is 9.59 Å². The minimum absolute atomic E-state index is 0.00205. The van der Waals surface area contributed by atoms with Crippen molar-refractivity contribution in [2.45, 2.75) is 5.92 Å². The summed E-state index contributed by atoms with van der Waals surface area (Å²) in [6.45, 7) is 0. The van der Waals surface area contributed by atoms with Gasteiger partial charge in [0.2, 0.25) is 0 Å². The highest BCUT2D eigenvalue weighted by Crippen LogP contribution is 2.45. The molecule has 8 heteroatoms. The van der Waals surface area contributed by atoms with E-state index in [4.69, 9.17) is 15.2 Å². The molecule has 1 unspecified atom stereocenters. The number of para-hydroxylation sites is 1. The van der Waals surface area contributed by atoms with Gasteiger partial charge in [0, 0.05) is 11.8 Å². The first-order valence-electron chi connectivity index (χ1n) is 10.7. The molecule has 174 valence electrons. The Morgan fingerprint density at radius 3 is 2.23 bits per heavy atom. The molecular formula is C27H22N4O4. The van der Waals surface area contributed by atoms with Gasteiger partial charge >= 0.3 is 11.9 Å². The Bertz CT molecular complexity index is 1380. The van der Waals surface area contributed by atoms with E-state index in [1.54, 1.807) is 48.7 Å². The molecule has 0 saturated heterocycles. The van der Waals surface area contributed by atoms with Crippen LogP contribution in [-0.4, -0.2) is 31.1 Å². The maximum atomic E-state index is 13.2. The van der Waals surface area contributed by atoms with Gasteiger partial charge in [-0.2, -0.15) is 5.26 Å². The molecule has 2 aromatic carbocycles. The van der Waals surface area contributed by atoms with Gasteiger partial charge < -0.3 is 15.2 Å². The van der Waals surface area contributed by atoms with Crippen molar-refractivity contribution in [1.82, 2.24) is 4.98 Å². The molecule has 0 radical (unpaired) electrons. The average molecular weight is 466 g/mol. The quantitative estimate of drug-likeness (QED) is 0.566. The molecule has 35 heavy (non-hydrogen) atoms. The number of anilines is 1. The zero-order valence-electron chi connectivity index (χ0n) is 19.1.